The maximum Gasteiger partial charge on any atom is -0.00197 e. The Kier molecular flexibility index (Phi) is 6.60. The fraction of sp³-hybridized carbons (Fsp3) is 0. The van der Waals surface area contributed by atoms with Crippen LogP contribution >= 0.6 is 0 Å². The maximum atomic E-state index is 2.45. The van der Waals surface area contributed by atoms with E-state index in [2.05, 4.69) is 194 Å². The van der Waals surface area contributed by atoms with Gasteiger partial charge in [-0.15, -0.1) is 0 Å². The highest BCUT2D eigenvalue weighted by atomic mass is 14.2. The highest BCUT2D eigenvalue weighted by Gasteiger charge is 2.20. The van der Waals surface area contributed by atoms with Crippen molar-refractivity contribution >= 4 is 53.9 Å². The van der Waals surface area contributed by atoms with E-state index in [4.69, 9.17) is 0 Å². The quantitative estimate of drug-likeness (QED) is 0.134. The van der Waals surface area contributed by atoms with Crippen LogP contribution < -0.4 is 0 Å². The van der Waals surface area contributed by atoms with Crippen LogP contribution in [-0.2, 0) is 0 Å². The Morgan fingerprint density at radius 1 is 0.200 bits per heavy atom. The fourth-order valence-electron chi connectivity index (χ4n) is 8.17. The molecule has 0 atom stereocenters. The minimum Gasteiger partial charge on any atom is -0.0622 e. The minimum absolute atomic E-state index is 1.22. The Hall–Kier alpha value is -6.50. The molecule has 0 fully saturated rings. The summed E-state index contributed by atoms with van der Waals surface area (Å²) in [6, 6.07) is 71.4. The summed E-state index contributed by atoms with van der Waals surface area (Å²) in [5.41, 5.74) is 9.95. The molecule has 10 aromatic rings. The zero-order valence-corrected chi connectivity index (χ0v) is 27.5. The Morgan fingerprint density at radius 3 is 1.58 bits per heavy atom. The molecule has 0 aliphatic rings. The van der Waals surface area contributed by atoms with E-state index in [0.717, 1.165) is 0 Å². The van der Waals surface area contributed by atoms with Crippen molar-refractivity contribution in [1.82, 2.24) is 0 Å². The van der Waals surface area contributed by atoms with Gasteiger partial charge in [0.15, 0.2) is 0 Å². The van der Waals surface area contributed by atoms with Gasteiger partial charge in [-0.3, -0.25) is 0 Å². The van der Waals surface area contributed by atoms with Crippen molar-refractivity contribution in [3.05, 3.63) is 194 Å². The van der Waals surface area contributed by atoms with Crippen LogP contribution in [0.15, 0.2) is 194 Å². The Labute approximate surface area is 291 Å². The lowest BCUT2D eigenvalue weighted by atomic mass is 9.82. The van der Waals surface area contributed by atoms with Crippen LogP contribution in [0.1, 0.15) is 0 Å². The zero-order chi connectivity index (χ0) is 33.0. The number of benzene rings is 10. The van der Waals surface area contributed by atoms with Crippen LogP contribution in [0.25, 0.3) is 98.4 Å². The van der Waals surface area contributed by atoms with Crippen LogP contribution in [-0.4, -0.2) is 0 Å². The van der Waals surface area contributed by atoms with Gasteiger partial charge >= 0.3 is 0 Å². The molecule has 50 heavy (non-hydrogen) atoms. The molecular formula is C50H32. The molecule has 10 rings (SSSR count). The summed E-state index contributed by atoms with van der Waals surface area (Å²) in [5, 5.41) is 12.6. The molecule has 0 aliphatic heterocycles. The van der Waals surface area contributed by atoms with Gasteiger partial charge < -0.3 is 0 Å². The normalized spacial score (nSPS) is 11.6. The molecule has 0 aliphatic carbocycles. The summed E-state index contributed by atoms with van der Waals surface area (Å²) >= 11 is 0. The smallest absolute Gasteiger partial charge is 0.00197 e. The van der Waals surface area contributed by atoms with Gasteiger partial charge in [-0.1, -0.05) is 176 Å². The standard InChI is InChI=1S/C50H32/c1-2-14-33(15-3-1)35-19-12-20-38(30-35)49-44-25-10-11-26-45(44)50(47-31-36-17-5-7-22-41(36)42-23-8-9-24-43(42)47)48-32-37(28-29-46(48)49)40-27-13-18-34-16-4-6-21-39(34)40/h1-32H. The molecule has 0 N–H and O–H groups in total. The zero-order valence-electron chi connectivity index (χ0n) is 27.5. The van der Waals surface area contributed by atoms with E-state index in [1.807, 2.05) is 0 Å². The predicted molar refractivity (Wildman–Crippen MR) is 216 cm³/mol. The van der Waals surface area contributed by atoms with E-state index in [9.17, 15) is 0 Å². The van der Waals surface area contributed by atoms with E-state index in [0.29, 0.717) is 0 Å². The first-order chi connectivity index (χ1) is 24.8. The van der Waals surface area contributed by atoms with Crippen LogP contribution in [0.2, 0.25) is 0 Å². The lowest BCUT2D eigenvalue weighted by Gasteiger charge is -2.21. The van der Waals surface area contributed by atoms with Crippen LogP contribution in [0.3, 0.4) is 0 Å². The van der Waals surface area contributed by atoms with E-state index < -0.39 is 0 Å². The third-order valence-electron chi connectivity index (χ3n) is 10.4. The lowest BCUT2D eigenvalue weighted by molar-refractivity contribution is 1.61. The second-order valence-electron chi connectivity index (χ2n) is 13.2. The van der Waals surface area contributed by atoms with Gasteiger partial charge in [0.2, 0.25) is 0 Å². The molecule has 0 radical (unpaired) electrons. The average Bonchev–Trinajstić information content (AvgIpc) is 3.19. The van der Waals surface area contributed by atoms with Gasteiger partial charge in [-0.2, -0.15) is 0 Å². The van der Waals surface area contributed by atoms with Crippen molar-refractivity contribution in [3.8, 4) is 44.5 Å². The van der Waals surface area contributed by atoms with Crippen molar-refractivity contribution < 1.29 is 0 Å². The van der Waals surface area contributed by atoms with E-state index >= 15 is 0 Å². The van der Waals surface area contributed by atoms with E-state index in [1.165, 1.54) is 98.4 Å². The first-order valence-electron chi connectivity index (χ1n) is 17.4. The van der Waals surface area contributed by atoms with E-state index in [-0.39, 0.29) is 0 Å². The Bertz CT molecular complexity index is 2910. The summed E-state index contributed by atoms with van der Waals surface area (Å²) in [5.74, 6) is 0. The summed E-state index contributed by atoms with van der Waals surface area (Å²) < 4.78 is 0. The Morgan fingerprint density at radius 2 is 0.760 bits per heavy atom. The van der Waals surface area contributed by atoms with Crippen LogP contribution in [0, 0.1) is 0 Å². The number of hydrogen-bond acceptors (Lipinski definition) is 0. The first-order valence-corrected chi connectivity index (χ1v) is 17.4. The van der Waals surface area contributed by atoms with Crippen LogP contribution in [0.5, 0.6) is 0 Å². The van der Waals surface area contributed by atoms with Gasteiger partial charge in [0.1, 0.15) is 0 Å². The summed E-state index contributed by atoms with van der Waals surface area (Å²) in [7, 11) is 0. The van der Waals surface area contributed by atoms with Gasteiger partial charge in [0.05, 0.1) is 0 Å². The monoisotopic (exact) mass is 632 g/mol. The van der Waals surface area contributed by atoms with Gasteiger partial charge in [0, 0.05) is 0 Å². The SMILES string of the molecule is c1ccc(-c2cccc(-c3c4ccccc4c(-c4cc5ccccc5c5ccccc45)c4cc(-c5cccc6ccccc56)ccc34)c2)cc1. The molecule has 0 aromatic heterocycles. The molecule has 0 heteroatoms. The highest BCUT2D eigenvalue weighted by molar-refractivity contribution is 6.26. The summed E-state index contributed by atoms with van der Waals surface area (Å²) in [4.78, 5) is 0. The summed E-state index contributed by atoms with van der Waals surface area (Å²) in [6.45, 7) is 0. The van der Waals surface area contributed by atoms with Crippen molar-refractivity contribution in [3.63, 3.8) is 0 Å². The van der Waals surface area contributed by atoms with Crippen molar-refractivity contribution in [2.75, 3.05) is 0 Å². The minimum atomic E-state index is 1.22. The maximum absolute atomic E-state index is 2.45. The van der Waals surface area contributed by atoms with Crippen molar-refractivity contribution in [2.24, 2.45) is 0 Å². The molecule has 0 spiro atoms. The molecule has 10 aromatic carbocycles. The van der Waals surface area contributed by atoms with Crippen LogP contribution in [0.4, 0.5) is 0 Å². The third kappa shape index (κ3) is 4.54. The molecule has 0 unspecified atom stereocenters. The predicted octanol–water partition coefficient (Wildman–Crippen LogP) is 14.1. The lowest BCUT2D eigenvalue weighted by Crippen LogP contribution is -1.93. The molecule has 0 heterocycles. The molecule has 232 valence electrons. The van der Waals surface area contributed by atoms with E-state index in [1.54, 1.807) is 0 Å². The fourth-order valence-corrected chi connectivity index (χ4v) is 8.17. The molecule has 0 saturated carbocycles. The molecule has 0 amide bonds. The largest absolute Gasteiger partial charge is 0.0622 e. The Balaban J connectivity index is 1.36. The molecule has 0 saturated heterocycles. The highest BCUT2D eigenvalue weighted by Crippen LogP contribution is 2.48. The van der Waals surface area contributed by atoms with Crippen molar-refractivity contribution in [2.45, 2.75) is 0 Å². The number of fused-ring (bicyclic) bond motifs is 6. The van der Waals surface area contributed by atoms with Crippen molar-refractivity contribution in [1.29, 1.82) is 0 Å². The first kappa shape index (κ1) is 28.5. The topological polar surface area (TPSA) is 0 Å². The van der Waals surface area contributed by atoms with Gasteiger partial charge in [-0.25, -0.2) is 0 Å². The third-order valence-corrected chi connectivity index (χ3v) is 10.4. The van der Waals surface area contributed by atoms with Gasteiger partial charge in [0.25, 0.3) is 0 Å². The second kappa shape index (κ2) is 11.6. The second-order valence-corrected chi connectivity index (χ2v) is 13.2. The molecule has 0 bridgehead atoms. The van der Waals surface area contributed by atoms with Gasteiger partial charge in [-0.05, 0) is 117 Å². The summed E-state index contributed by atoms with van der Waals surface area (Å²) in [6.07, 6.45) is 0. The molecular weight excluding hydrogens is 601 g/mol. The molecule has 0 nitrogen and oxygen atoms in total. The average molecular weight is 633 g/mol. The number of rotatable bonds is 4. The number of hydrogen-bond donors (Lipinski definition) is 0.